The Balaban J connectivity index is 2.02. The third kappa shape index (κ3) is 1.83. The second-order valence-corrected chi connectivity index (χ2v) is 7.14. The summed E-state index contributed by atoms with van der Waals surface area (Å²) in [5.74, 6) is 0.257. The first-order chi connectivity index (χ1) is 10.9. The Bertz CT molecular complexity index is 858. The number of benzene rings is 1. The second kappa shape index (κ2) is 4.67. The van der Waals surface area contributed by atoms with E-state index in [1.165, 1.54) is 0 Å². The number of rotatable bonds is 1. The lowest BCUT2D eigenvalue weighted by Gasteiger charge is -2.32. The first-order valence-electron chi connectivity index (χ1n) is 7.43. The summed E-state index contributed by atoms with van der Waals surface area (Å²) in [6, 6.07) is 5.72. The molecule has 0 bridgehead atoms. The van der Waals surface area contributed by atoms with Crippen LogP contribution in [0.5, 0.6) is 0 Å². The van der Waals surface area contributed by atoms with E-state index in [0.717, 1.165) is 21.3 Å². The number of nitrogens with zero attached hydrogens (tertiary/aromatic N) is 2. The predicted molar refractivity (Wildman–Crippen MR) is 89.4 cm³/mol. The third-order valence-corrected chi connectivity index (χ3v) is 5.00. The number of carbonyl (C=O) groups is 2. The Kier molecular flexibility index (Phi) is 2.93. The van der Waals surface area contributed by atoms with Crippen LogP contribution in [-0.2, 0) is 15.0 Å². The lowest BCUT2D eigenvalue weighted by atomic mass is 9.72. The van der Waals surface area contributed by atoms with Gasteiger partial charge in [-0.05, 0) is 37.6 Å². The van der Waals surface area contributed by atoms with E-state index in [9.17, 15) is 9.59 Å². The summed E-state index contributed by atoms with van der Waals surface area (Å²) in [6.07, 6.45) is 1.78. The van der Waals surface area contributed by atoms with Crippen molar-refractivity contribution in [3.8, 4) is 0 Å². The Labute approximate surface area is 141 Å². The van der Waals surface area contributed by atoms with Crippen LogP contribution in [0.4, 0.5) is 11.5 Å². The van der Waals surface area contributed by atoms with Crippen molar-refractivity contribution in [3.05, 3.63) is 40.0 Å². The quantitative estimate of drug-likeness (QED) is 0.805. The molecule has 1 unspecified atom stereocenters. The van der Waals surface area contributed by atoms with Crippen LogP contribution in [0.25, 0.3) is 0 Å². The molecule has 1 aromatic carbocycles. The number of aromatic nitrogens is 2. The van der Waals surface area contributed by atoms with Crippen molar-refractivity contribution in [2.75, 3.05) is 10.6 Å². The highest BCUT2D eigenvalue weighted by molar-refractivity contribution is 9.10. The van der Waals surface area contributed by atoms with Gasteiger partial charge in [-0.25, -0.2) is 4.68 Å². The molecule has 0 saturated heterocycles. The van der Waals surface area contributed by atoms with Crippen molar-refractivity contribution < 1.29 is 9.59 Å². The largest absolute Gasteiger partial charge is 0.325 e. The molecule has 6 nitrogen and oxygen atoms in total. The summed E-state index contributed by atoms with van der Waals surface area (Å²) in [4.78, 5) is 25.2. The number of hydrogen-bond donors (Lipinski definition) is 2. The van der Waals surface area contributed by atoms with Crippen molar-refractivity contribution in [3.63, 3.8) is 0 Å². The zero-order valence-corrected chi connectivity index (χ0v) is 14.3. The molecule has 0 fully saturated rings. The molecule has 2 aliphatic rings. The maximum atomic E-state index is 12.9. The van der Waals surface area contributed by atoms with E-state index in [-0.39, 0.29) is 24.3 Å². The Hall–Kier alpha value is -2.15. The Morgan fingerprint density at radius 3 is 2.78 bits per heavy atom. The summed E-state index contributed by atoms with van der Waals surface area (Å²) in [7, 11) is 0. The van der Waals surface area contributed by atoms with Gasteiger partial charge < -0.3 is 10.6 Å². The SMILES string of the molecule is CC(C)n1ncc2c1NC(=O)CC21C(=O)Nc2ccc(Br)cc21. The zero-order chi connectivity index (χ0) is 16.4. The average Bonchev–Trinajstić information content (AvgIpc) is 3.01. The van der Waals surface area contributed by atoms with Gasteiger partial charge in [0.25, 0.3) is 0 Å². The van der Waals surface area contributed by atoms with Crippen molar-refractivity contribution in [2.45, 2.75) is 31.7 Å². The van der Waals surface area contributed by atoms with E-state index >= 15 is 0 Å². The minimum atomic E-state index is -1.01. The highest BCUT2D eigenvalue weighted by atomic mass is 79.9. The summed E-state index contributed by atoms with van der Waals surface area (Å²) in [5, 5.41) is 10.2. The molecule has 1 aromatic heterocycles. The molecule has 2 aliphatic heterocycles. The van der Waals surface area contributed by atoms with Crippen LogP contribution >= 0.6 is 15.9 Å². The fourth-order valence-electron chi connectivity index (χ4n) is 3.48. The fraction of sp³-hybridized carbons (Fsp3) is 0.312. The van der Waals surface area contributed by atoms with E-state index in [0.29, 0.717) is 5.82 Å². The van der Waals surface area contributed by atoms with Crippen molar-refractivity contribution in [1.82, 2.24) is 9.78 Å². The molecule has 118 valence electrons. The van der Waals surface area contributed by atoms with Gasteiger partial charge in [0.15, 0.2) is 0 Å². The highest BCUT2D eigenvalue weighted by Gasteiger charge is 2.54. The normalized spacial score (nSPS) is 22.1. The van der Waals surface area contributed by atoms with Crippen LogP contribution < -0.4 is 10.6 Å². The molecule has 1 spiro atoms. The van der Waals surface area contributed by atoms with E-state index in [1.807, 2.05) is 32.0 Å². The van der Waals surface area contributed by atoms with Crippen LogP contribution in [-0.4, -0.2) is 21.6 Å². The second-order valence-electron chi connectivity index (χ2n) is 6.22. The van der Waals surface area contributed by atoms with Crippen LogP contribution in [0.2, 0.25) is 0 Å². The number of fused-ring (bicyclic) bond motifs is 4. The van der Waals surface area contributed by atoms with Gasteiger partial charge in [0, 0.05) is 28.2 Å². The molecule has 3 heterocycles. The lowest BCUT2D eigenvalue weighted by Crippen LogP contribution is -2.43. The maximum absolute atomic E-state index is 12.9. The topological polar surface area (TPSA) is 76.0 Å². The first kappa shape index (κ1) is 14.4. The standard InChI is InChI=1S/C16H15BrN4O2/c1-8(2)21-14-11(7-18-21)16(6-13(22)20-14)10-5-9(17)3-4-12(10)19-15(16)23/h3-5,7-8H,6H2,1-2H3,(H,19,23)(H,20,22). The number of halogens is 1. The molecule has 23 heavy (non-hydrogen) atoms. The van der Waals surface area contributed by atoms with Crippen molar-refractivity contribution in [2.24, 2.45) is 0 Å². The van der Waals surface area contributed by atoms with Gasteiger partial charge >= 0.3 is 0 Å². The van der Waals surface area contributed by atoms with E-state index in [4.69, 9.17) is 0 Å². The smallest absolute Gasteiger partial charge is 0.240 e. The Morgan fingerprint density at radius 1 is 1.26 bits per heavy atom. The van der Waals surface area contributed by atoms with Gasteiger partial charge in [0.05, 0.1) is 6.20 Å². The monoisotopic (exact) mass is 374 g/mol. The van der Waals surface area contributed by atoms with Gasteiger partial charge in [-0.1, -0.05) is 15.9 Å². The third-order valence-electron chi connectivity index (χ3n) is 4.51. The molecular weight excluding hydrogens is 360 g/mol. The van der Waals surface area contributed by atoms with Gasteiger partial charge in [-0.3, -0.25) is 9.59 Å². The number of carbonyl (C=O) groups excluding carboxylic acids is 2. The summed E-state index contributed by atoms with van der Waals surface area (Å²) < 4.78 is 2.62. The zero-order valence-electron chi connectivity index (χ0n) is 12.7. The molecule has 2 N–H and O–H groups in total. The molecule has 7 heteroatoms. The lowest BCUT2D eigenvalue weighted by molar-refractivity contribution is -0.125. The number of nitrogens with one attached hydrogen (secondary N) is 2. The number of amides is 2. The average molecular weight is 375 g/mol. The van der Waals surface area contributed by atoms with Gasteiger partial charge in [-0.2, -0.15) is 5.10 Å². The molecular formula is C16H15BrN4O2. The minimum Gasteiger partial charge on any atom is -0.325 e. The predicted octanol–water partition coefficient (Wildman–Crippen LogP) is 2.81. The molecule has 4 rings (SSSR count). The number of anilines is 2. The molecule has 2 amide bonds. The van der Waals surface area contributed by atoms with E-state index < -0.39 is 5.41 Å². The molecule has 2 aromatic rings. The van der Waals surface area contributed by atoms with Crippen molar-refractivity contribution >= 4 is 39.2 Å². The van der Waals surface area contributed by atoms with Crippen LogP contribution in [0, 0.1) is 0 Å². The molecule has 1 atom stereocenters. The maximum Gasteiger partial charge on any atom is 0.240 e. The summed E-state index contributed by atoms with van der Waals surface area (Å²) >= 11 is 3.46. The fourth-order valence-corrected chi connectivity index (χ4v) is 3.84. The molecule has 0 aliphatic carbocycles. The van der Waals surface area contributed by atoms with Gasteiger partial charge in [0.1, 0.15) is 11.2 Å². The number of hydrogen-bond acceptors (Lipinski definition) is 3. The molecule has 0 saturated carbocycles. The summed E-state index contributed by atoms with van der Waals surface area (Å²) in [5.41, 5.74) is 1.30. The van der Waals surface area contributed by atoms with E-state index in [1.54, 1.807) is 10.9 Å². The van der Waals surface area contributed by atoms with Gasteiger partial charge in [0.2, 0.25) is 11.8 Å². The highest BCUT2D eigenvalue weighted by Crippen LogP contribution is 2.50. The van der Waals surface area contributed by atoms with Crippen LogP contribution in [0.3, 0.4) is 0 Å². The summed E-state index contributed by atoms with van der Waals surface area (Å²) in [6.45, 7) is 3.97. The molecule has 0 radical (unpaired) electrons. The van der Waals surface area contributed by atoms with E-state index in [2.05, 4.69) is 31.7 Å². The van der Waals surface area contributed by atoms with Crippen molar-refractivity contribution in [1.29, 1.82) is 0 Å². The van der Waals surface area contributed by atoms with Gasteiger partial charge in [-0.15, -0.1) is 0 Å². The van der Waals surface area contributed by atoms with Crippen LogP contribution in [0.15, 0.2) is 28.9 Å². The Morgan fingerprint density at radius 2 is 2.04 bits per heavy atom. The van der Waals surface area contributed by atoms with Crippen LogP contribution in [0.1, 0.15) is 37.4 Å². The first-order valence-corrected chi connectivity index (χ1v) is 8.22. The minimum absolute atomic E-state index is 0.0824.